The summed E-state index contributed by atoms with van der Waals surface area (Å²) in [4.78, 5) is 58.7. The van der Waals surface area contributed by atoms with Crippen molar-refractivity contribution in [3.8, 4) is 11.1 Å². The Morgan fingerprint density at radius 1 is 0.739 bits per heavy atom. The molecule has 6 rings (SSSR count). The molecule has 234 valence electrons. The van der Waals surface area contributed by atoms with Crippen molar-refractivity contribution in [1.29, 1.82) is 0 Å². The first-order chi connectivity index (χ1) is 22.3. The van der Waals surface area contributed by atoms with Crippen LogP contribution in [-0.4, -0.2) is 54.3 Å². The van der Waals surface area contributed by atoms with E-state index in [1.165, 1.54) is 4.90 Å². The van der Waals surface area contributed by atoms with Crippen molar-refractivity contribution in [3.63, 3.8) is 0 Å². The van der Waals surface area contributed by atoms with E-state index < -0.39 is 12.1 Å². The largest absolute Gasteiger partial charge is 0.367 e. The fourth-order valence-corrected chi connectivity index (χ4v) is 6.43. The second-order valence-corrected chi connectivity index (χ2v) is 11.7. The standard InChI is InChI=1S/C37H37N5O4/c1-25-11-3-4-12-28(25)29-13-5-6-14-30(29)35(45)39-27-19-17-26(18-20-27)37(46)41-24-21-33(43)42(32-16-8-7-15-31(32)41)36(34(38)44)40-22-9-2-10-23-40/h3-8,11-20,36H,2,9-10,21-24H2,1H3,(H2,38,44)(H,39,45). The third kappa shape index (κ3) is 6.14. The van der Waals surface area contributed by atoms with E-state index in [2.05, 4.69) is 5.32 Å². The maximum Gasteiger partial charge on any atom is 0.258 e. The number of fused-ring (bicyclic) bond motifs is 1. The maximum atomic E-state index is 13.9. The van der Waals surface area contributed by atoms with Gasteiger partial charge in [0.05, 0.1) is 11.4 Å². The Hall–Kier alpha value is -5.28. The van der Waals surface area contributed by atoms with Crippen LogP contribution in [0.5, 0.6) is 0 Å². The molecule has 9 nitrogen and oxygen atoms in total. The summed E-state index contributed by atoms with van der Waals surface area (Å²) in [5.74, 6) is -1.40. The van der Waals surface area contributed by atoms with Gasteiger partial charge in [-0.15, -0.1) is 0 Å². The number of likely N-dealkylation sites (tertiary alicyclic amines) is 1. The van der Waals surface area contributed by atoms with E-state index in [1.807, 2.05) is 54.3 Å². The number of anilines is 3. The number of rotatable bonds is 7. The molecule has 0 aromatic heterocycles. The molecule has 0 spiro atoms. The van der Waals surface area contributed by atoms with E-state index in [9.17, 15) is 19.2 Å². The Labute approximate surface area is 268 Å². The van der Waals surface area contributed by atoms with Crippen molar-refractivity contribution in [3.05, 3.63) is 114 Å². The van der Waals surface area contributed by atoms with E-state index in [0.29, 0.717) is 41.3 Å². The fourth-order valence-electron chi connectivity index (χ4n) is 6.43. The van der Waals surface area contributed by atoms with Crippen LogP contribution in [0.25, 0.3) is 11.1 Å². The minimum absolute atomic E-state index is 0.0342. The summed E-state index contributed by atoms with van der Waals surface area (Å²) >= 11 is 0. The Morgan fingerprint density at radius 3 is 2.07 bits per heavy atom. The van der Waals surface area contributed by atoms with Gasteiger partial charge in [0.15, 0.2) is 6.17 Å². The minimum Gasteiger partial charge on any atom is -0.367 e. The molecule has 4 aromatic rings. The van der Waals surface area contributed by atoms with Gasteiger partial charge in [-0.05, 0) is 78.9 Å². The number of nitrogens with two attached hydrogens (primary N) is 1. The SMILES string of the molecule is Cc1ccccc1-c1ccccc1C(=O)Nc1ccc(C(=O)N2CCC(=O)N(C(C(N)=O)N3CCCCC3)c3ccccc32)cc1. The zero-order chi connectivity index (χ0) is 32.2. The van der Waals surface area contributed by atoms with Gasteiger partial charge >= 0.3 is 0 Å². The van der Waals surface area contributed by atoms with Gasteiger partial charge in [-0.1, -0.05) is 61.0 Å². The predicted octanol–water partition coefficient (Wildman–Crippen LogP) is 5.60. The van der Waals surface area contributed by atoms with Crippen LogP contribution < -0.4 is 20.9 Å². The summed E-state index contributed by atoms with van der Waals surface area (Å²) < 4.78 is 0. The zero-order valence-corrected chi connectivity index (χ0v) is 25.8. The molecule has 4 amide bonds. The monoisotopic (exact) mass is 615 g/mol. The molecule has 1 unspecified atom stereocenters. The number of carbonyl (C=O) groups excluding carboxylic acids is 4. The lowest BCUT2D eigenvalue weighted by molar-refractivity contribution is -0.128. The Morgan fingerprint density at radius 2 is 1.37 bits per heavy atom. The molecule has 0 bridgehead atoms. The zero-order valence-electron chi connectivity index (χ0n) is 25.8. The molecular weight excluding hydrogens is 578 g/mol. The summed E-state index contributed by atoms with van der Waals surface area (Å²) in [6.07, 6.45) is 2.02. The number of benzene rings is 4. The van der Waals surface area contributed by atoms with Crippen molar-refractivity contribution in [2.45, 2.75) is 38.8 Å². The van der Waals surface area contributed by atoms with Crippen LogP contribution in [0.3, 0.4) is 0 Å². The number of nitrogens with zero attached hydrogens (tertiary/aromatic N) is 3. The number of primary amides is 1. The lowest BCUT2D eigenvalue weighted by atomic mass is 9.95. The summed E-state index contributed by atoms with van der Waals surface area (Å²) in [5.41, 5.74) is 11.3. The van der Waals surface area contributed by atoms with E-state index in [-0.39, 0.29) is 30.7 Å². The molecule has 0 aliphatic carbocycles. The van der Waals surface area contributed by atoms with Crippen molar-refractivity contribution in [2.75, 3.05) is 34.8 Å². The van der Waals surface area contributed by atoms with E-state index in [4.69, 9.17) is 5.73 Å². The van der Waals surface area contributed by atoms with Crippen LogP contribution >= 0.6 is 0 Å². The highest BCUT2D eigenvalue weighted by Gasteiger charge is 2.39. The van der Waals surface area contributed by atoms with Gasteiger partial charge in [-0.3, -0.25) is 29.0 Å². The summed E-state index contributed by atoms with van der Waals surface area (Å²) in [6.45, 7) is 3.50. The van der Waals surface area contributed by atoms with E-state index in [0.717, 1.165) is 36.0 Å². The van der Waals surface area contributed by atoms with Gasteiger partial charge in [-0.2, -0.15) is 0 Å². The average molecular weight is 616 g/mol. The number of aryl methyl sites for hydroxylation is 1. The molecule has 0 radical (unpaired) electrons. The highest BCUT2D eigenvalue weighted by molar-refractivity contribution is 6.13. The normalized spacial score (nSPS) is 15.9. The molecule has 9 heteroatoms. The second kappa shape index (κ2) is 13.4. The number of carbonyl (C=O) groups is 4. The first-order valence-electron chi connectivity index (χ1n) is 15.7. The van der Waals surface area contributed by atoms with Crippen LogP contribution in [0.2, 0.25) is 0 Å². The van der Waals surface area contributed by atoms with Gasteiger partial charge in [0.2, 0.25) is 5.91 Å². The number of hydrogen-bond donors (Lipinski definition) is 2. The van der Waals surface area contributed by atoms with Gasteiger partial charge in [0.25, 0.3) is 17.7 Å². The fraction of sp³-hybridized carbons (Fsp3) is 0.243. The van der Waals surface area contributed by atoms with Crippen LogP contribution in [0, 0.1) is 6.92 Å². The minimum atomic E-state index is -0.928. The first-order valence-corrected chi connectivity index (χ1v) is 15.7. The quantitative estimate of drug-likeness (QED) is 0.281. The predicted molar refractivity (Wildman–Crippen MR) is 180 cm³/mol. The van der Waals surface area contributed by atoms with Gasteiger partial charge in [-0.25, -0.2) is 0 Å². The first kappa shape index (κ1) is 30.7. The number of nitrogens with one attached hydrogen (secondary N) is 1. The van der Waals surface area contributed by atoms with Gasteiger partial charge < -0.3 is 16.0 Å². The van der Waals surface area contributed by atoms with Crippen molar-refractivity contribution >= 4 is 40.7 Å². The number of piperidine rings is 1. The van der Waals surface area contributed by atoms with Crippen LogP contribution in [0.15, 0.2) is 97.1 Å². The molecule has 2 aliphatic rings. The molecular formula is C37H37N5O4. The lowest BCUT2D eigenvalue weighted by Crippen LogP contribution is -2.59. The molecule has 46 heavy (non-hydrogen) atoms. The Balaban J connectivity index is 1.24. The van der Waals surface area contributed by atoms with Crippen LogP contribution in [0.4, 0.5) is 17.1 Å². The van der Waals surface area contributed by atoms with Gasteiger partial charge in [0.1, 0.15) is 0 Å². The molecule has 1 fully saturated rings. The van der Waals surface area contributed by atoms with E-state index in [1.54, 1.807) is 59.5 Å². The number of para-hydroxylation sites is 2. The number of amides is 4. The van der Waals surface area contributed by atoms with Crippen LogP contribution in [-0.2, 0) is 9.59 Å². The van der Waals surface area contributed by atoms with Crippen molar-refractivity contribution in [1.82, 2.24) is 4.90 Å². The molecule has 4 aromatic carbocycles. The summed E-state index contributed by atoms with van der Waals surface area (Å²) in [7, 11) is 0. The lowest BCUT2D eigenvalue weighted by Gasteiger charge is -2.39. The average Bonchev–Trinajstić information content (AvgIpc) is 3.22. The third-order valence-electron chi connectivity index (χ3n) is 8.73. The maximum absolute atomic E-state index is 13.9. The summed E-state index contributed by atoms with van der Waals surface area (Å²) in [6, 6.07) is 29.3. The highest BCUT2D eigenvalue weighted by Crippen LogP contribution is 2.36. The number of hydrogen-bond acceptors (Lipinski definition) is 5. The molecule has 3 N–H and O–H groups in total. The summed E-state index contributed by atoms with van der Waals surface area (Å²) in [5, 5.41) is 2.96. The molecule has 2 aliphatic heterocycles. The Bertz CT molecular complexity index is 1780. The molecule has 1 atom stereocenters. The third-order valence-corrected chi connectivity index (χ3v) is 8.73. The second-order valence-electron chi connectivity index (χ2n) is 11.7. The smallest absolute Gasteiger partial charge is 0.258 e. The molecule has 1 saturated heterocycles. The highest BCUT2D eigenvalue weighted by atomic mass is 16.2. The van der Waals surface area contributed by atoms with Crippen molar-refractivity contribution in [2.24, 2.45) is 5.73 Å². The molecule has 2 heterocycles. The van der Waals surface area contributed by atoms with E-state index >= 15 is 0 Å². The molecule has 0 saturated carbocycles. The Kier molecular flexibility index (Phi) is 8.94. The van der Waals surface area contributed by atoms with Gasteiger partial charge in [0, 0.05) is 42.9 Å². The van der Waals surface area contributed by atoms with Crippen LogP contribution in [0.1, 0.15) is 52.0 Å². The van der Waals surface area contributed by atoms with Crippen molar-refractivity contribution < 1.29 is 19.2 Å². The topological polar surface area (TPSA) is 116 Å².